The first-order valence-corrected chi connectivity index (χ1v) is 4.83. The Morgan fingerprint density at radius 2 is 2.00 bits per heavy atom. The van der Waals surface area contributed by atoms with E-state index in [9.17, 15) is 4.79 Å². The molecule has 0 aromatic heterocycles. The number of hydrogen-bond acceptors (Lipinski definition) is 2. The maximum absolute atomic E-state index is 11.6. The monoisotopic (exact) mass is 169 g/mol. The average Bonchev–Trinajstić information content (AvgIpc) is 2.11. The van der Waals surface area contributed by atoms with Gasteiger partial charge in [-0.25, -0.2) is 0 Å². The molecule has 0 aromatic carbocycles. The third-order valence-corrected chi connectivity index (χ3v) is 2.70. The lowest BCUT2D eigenvalue weighted by molar-refractivity contribution is -0.124. The second-order valence-corrected chi connectivity index (χ2v) is 4.44. The van der Waals surface area contributed by atoms with Gasteiger partial charge in [0.1, 0.15) is 5.78 Å². The van der Waals surface area contributed by atoms with Gasteiger partial charge in [0.2, 0.25) is 0 Å². The lowest BCUT2D eigenvalue weighted by Gasteiger charge is -2.28. The van der Waals surface area contributed by atoms with Gasteiger partial charge in [-0.1, -0.05) is 12.8 Å². The van der Waals surface area contributed by atoms with Gasteiger partial charge in [-0.15, -0.1) is 0 Å². The van der Waals surface area contributed by atoms with Crippen molar-refractivity contribution in [3.05, 3.63) is 0 Å². The Balaban J connectivity index is 2.66. The molecular formula is C10H19NO. The largest absolute Gasteiger partial charge is 0.325 e. The molecule has 0 radical (unpaired) electrons. The Kier molecular flexibility index (Phi) is 2.89. The van der Waals surface area contributed by atoms with Crippen LogP contribution in [-0.4, -0.2) is 11.3 Å². The highest BCUT2D eigenvalue weighted by Crippen LogP contribution is 2.27. The molecule has 2 N–H and O–H groups in total. The van der Waals surface area contributed by atoms with Gasteiger partial charge in [0.25, 0.3) is 0 Å². The molecule has 0 bridgehead atoms. The highest BCUT2D eigenvalue weighted by molar-refractivity contribution is 5.82. The van der Waals surface area contributed by atoms with E-state index in [0.29, 0.717) is 5.78 Å². The Bertz CT molecular complexity index is 169. The lowest BCUT2D eigenvalue weighted by atomic mass is 9.82. The molecular weight excluding hydrogens is 150 g/mol. The van der Waals surface area contributed by atoms with Crippen LogP contribution in [0.4, 0.5) is 0 Å². The van der Waals surface area contributed by atoms with E-state index in [4.69, 9.17) is 5.73 Å². The van der Waals surface area contributed by atoms with Crippen molar-refractivity contribution in [1.29, 1.82) is 0 Å². The minimum absolute atomic E-state index is 0.0972. The number of carbonyl (C=O) groups is 1. The molecule has 2 heteroatoms. The smallest absolute Gasteiger partial charge is 0.137 e. The first-order valence-electron chi connectivity index (χ1n) is 4.83. The van der Waals surface area contributed by atoms with Gasteiger partial charge in [-0.3, -0.25) is 4.79 Å². The molecule has 0 spiro atoms. The van der Waals surface area contributed by atoms with Crippen molar-refractivity contribution in [2.75, 3.05) is 0 Å². The summed E-state index contributed by atoms with van der Waals surface area (Å²) in [6.45, 7) is 3.92. The quantitative estimate of drug-likeness (QED) is 0.609. The summed E-state index contributed by atoms with van der Waals surface area (Å²) in [6.07, 6.45) is 5.15. The van der Waals surface area contributed by atoms with Crippen molar-refractivity contribution in [3.8, 4) is 0 Å². The Hall–Kier alpha value is -0.370. The summed E-state index contributed by atoms with van der Waals surface area (Å²) < 4.78 is 0. The van der Waals surface area contributed by atoms with Crippen LogP contribution in [0.2, 0.25) is 0 Å². The highest BCUT2D eigenvalue weighted by Gasteiger charge is 2.31. The van der Waals surface area contributed by atoms with E-state index in [1.807, 2.05) is 13.8 Å². The molecule has 70 valence electrons. The maximum atomic E-state index is 11.6. The molecule has 0 aromatic rings. The molecule has 1 atom stereocenters. The SMILES string of the molecule is CC(C)(N)C1CCCCCC1=O. The van der Waals surface area contributed by atoms with E-state index < -0.39 is 0 Å². The normalized spacial score (nSPS) is 26.9. The van der Waals surface area contributed by atoms with Crippen molar-refractivity contribution in [1.82, 2.24) is 0 Å². The van der Waals surface area contributed by atoms with Crippen molar-refractivity contribution < 1.29 is 4.79 Å². The summed E-state index contributed by atoms with van der Waals surface area (Å²) in [7, 11) is 0. The van der Waals surface area contributed by atoms with E-state index in [2.05, 4.69) is 0 Å². The van der Waals surface area contributed by atoms with Gasteiger partial charge in [-0.05, 0) is 26.7 Å². The zero-order valence-corrected chi connectivity index (χ0v) is 8.10. The van der Waals surface area contributed by atoms with E-state index in [-0.39, 0.29) is 11.5 Å². The zero-order valence-electron chi connectivity index (χ0n) is 8.10. The number of ketones is 1. The first kappa shape index (κ1) is 9.72. The number of rotatable bonds is 1. The summed E-state index contributed by atoms with van der Waals surface area (Å²) in [5, 5.41) is 0. The van der Waals surface area contributed by atoms with E-state index in [1.54, 1.807) is 0 Å². The molecule has 1 unspecified atom stereocenters. The molecule has 0 heterocycles. The Morgan fingerprint density at radius 1 is 1.33 bits per heavy atom. The Labute approximate surface area is 74.5 Å². The van der Waals surface area contributed by atoms with Gasteiger partial charge in [0.15, 0.2) is 0 Å². The molecule has 12 heavy (non-hydrogen) atoms. The predicted octanol–water partition coefficient (Wildman–Crippen LogP) is 1.87. The summed E-state index contributed by atoms with van der Waals surface area (Å²) >= 11 is 0. The number of nitrogens with two attached hydrogens (primary N) is 1. The molecule has 1 aliphatic carbocycles. The number of hydrogen-bond donors (Lipinski definition) is 1. The number of carbonyl (C=O) groups excluding carboxylic acids is 1. The van der Waals surface area contributed by atoms with Crippen LogP contribution in [-0.2, 0) is 4.79 Å². The van der Waals surface area contributed by atoms with Gasteiger partial charge in [0.05, 0.1) is 0 Å². The molecule has 1 aliphatic rings. The third-order valence-electron chi connectivity index (χ3n) is 2.70. The van der Waals surface area contributed by atoms with E-state index in [0.717, 1.165) is 25.7 Å². The van der Waals surface area contributed by atoms with E-state index >= 15 is 0 Å². The van der Waals surface area contributed by atoms with Crippen molar-refractivity contribution in [2.45, 2.75) is 51.5 Å². The van der Waals surface area contributed by atoms with E-state index in [1.165, 1.54) is 6.42 Å². The maximum Gasteiger partial charge on any atom is 0.137 e. The Morgan fingerprint density at radius 3 is 2.58 bits per heavy atom. The third kappa shape index (κ3) is 2.31. The van der Waals surface area contributed by atoms with Crippen molar-refractivity contribution in [2.24, 2.45) is 11.7 Å². The molecule has 0 aliphatic heterocycles. The topological polar surface area (TPSA) is 43.1 Å². The fourth-order valence-corrected chi connectivity index (χ4v) is 1.95. The van der Waals surface area contributed by atoms with Gasteiger partial charge < -0.3 is 5.73 Å². The van der Waals surface area contributed by atoms with Gasteiger partial charge >= 0.3 is 0 Å². The minimum atomic E-state index is -0.318. The average molecular weight is 169 g/mol. The minimum Gasteiger partial charge on any atom is -0.325 e. The highest BCUT2D eigenvalue weighted by atomic mass is 16.1. The van der Waals surface area contributed by atoms with Crippen molar-refractivity contribution >= 4 is 5.78 Å². The predicted molar refractivity (Wildman–Crippen MR) is 49.8 cm³/mol. The molecule has 1 rings (SSSR count). The second-order valence-electron chi connectivity index (χ2n) is 4.44. The van der Waals surface area contributed by atoms with Crippen LogP contribution in [0.25, 0.3) is 0 Å². The molecule has 0 saturated heterocycles. The van der Waals surface area contributed by atoms with Crippen molar-refractivity contribution in [3.63, 3.8) is 0 Å². The molecule has 0 amide bonds. The molecule has 2 nitrogen and oxygen atoms in total. The lowest BCUT2D eigenvalue weighted by Crippen LogP contribution is -2.44. The summed E-state index contributed by atoms with van der Waals surface area (Å²) in [4.78, 5) is 11.6. The van der Waals surface area contributed by atoms with Gasteiger partial charge in [0, 0.05) is 17.9 Å². The molecule has 1 saturated carbocycles. The van der Waals surface area contributed by atoms with Gasteiger partial charge in [-0.2, -0.15) is 0 Å². The second kappa shape index (κ2) is 3.56. The summed E-state index contributed by atoms with van der Waals surface area (Å²) in [5.74, 6) is 0.472. The van der Waals surface area contributed by atoms with Crippen LogP contribution >= 0.6 is 0 Å². The summed E-state index contributed by atoms with van der Waals surface area (Å²) in [6, 6.07) is 0. The fraction of sp³-hybridized carbons (Fsp3) is 0.900. The summed E-state index contributed by atoms with van der Waals surface area (Å²) in [5.41, 5.74) is 5.63. The zero-order chi connectivity index (χ0) is 9.19. The van der Waals surface area contributed by atoms with Crippen LogP contribution in [0, 0.1) is 5.92 Å². The van der Waals surface area contributed by atoms with Crippen LogP contribution in [0.1, 0.15) is 46.0 Å². The number of Topliss-reactive ketones (excluding diaryl/α,β-unsaturated/α-hetero) is 1. The van der Waals surface area contributed by atoms with Crippen LogP contribution in [0.3, 0.4) is 0 Å². The van der Waals surface area contributed by atoms with Crippen LogP contribution < -0.4 is 5.73 Å². The van der Waals surface area contributed by atoms with Crippen LogP contribution in [0.15, 0.2) is 0 Å². The molecule has 1 fully saturated rings. The first-order chi connectivity index (χ1) is 5.52. The fourth-order valence-electron chi connectivity index (χ4n) is 1.95. The van der Waals surface area contributed by atoms with Crippen LogP contribution in [0.5, 0.6) is 0 Å². The standard InChI is InChI=1S/C10H19NO/c1-10(2,11)8-6-4-3-5-7-9(8)12/h8H,3-7,11H2,1-2H3.